The highest BCUT2D eigenvalue weighted by atomic mass is 16.5. The number of nitrogens with one attached hydrogen (secondary N) is 1. The molecule has 1 fully saturated rings. The van der Waals surface area contributed by atoms with Crippen LogP contribution in [0.5, 0.6) is 0 Å². The standard InChI is InChI=1S/C15H26N4O2/c1-4-5-16-14-6-11(2)17-15(18-14)9-19-7-12(3)21-13(8-19)10-20/h6,12-13,20H,4-5,7-10H2,1-3H3,(H,16,17,18). The third kappa shape index (κ3) is 4.91. The van der Waals surface area contributed by atoms with Crippen LogP contribution in [0.4, 0.5) is 5.82 Å². The molecule has 1 aromatic heterocycles. The number of rotatable bonds is 6. The first-order valence-corrected chi connectivity index (χ1v) is 7.67. The molecule has 1 aliphatic heterocycles. The fourth-order valence-electron chi connectivity index (χ4n) is 2.61. The van der Waals surface area contributed by atoms with Gasteiger partial charge in [-0.2, -0.15) is 0 Å². The smallest absolute Gasteiger partial charge is 0.144 e. The van der Waals surface area contributed by atoms with E-state index in [2.05, 4.69) is 27.1 Å². The van der Waals surface area contributed by atoms with Gasteiger partial charge >= 0.3 is 0 Å². The van der Waals surface area contributed by atoms with Gasteiger partial charge in [0, 0.05) is 31.4 Å². The van der Waals surface area contributed by atoms with E-state index in [0.717, 1.165) is 43.4 Å². The molecule has 0 spiro atoms. The SMILES string of the molecule is CCCNc1cc(C)nc(CN2CC(C)OC(CO)C2)n1. The lowest BCUT2D eigenvalue weighted by atomic mass is 10.2. The fourth-order valence-corrected chi connectivity index (χ4v) is 2.61. The summed E-state index contributed by atoms with van der Waals surface area (Å²) < 4.78 is 5.66. The average molecular weight is 294 g/mol. The Labute approximate surface area is 126 Å². The summed E-state index contributed by atoms with van der Waals surface area (Å²) in [6, 6.07) is 1.97. The molecule has 6 heteroatoms. The lowest BCUT2D eigenvalue weighted by Gasteiger charge is -2.35. The summed E-state index contributed by atoms with van der Waals surface area (Å²) in [5.74, 6) is 1.71. The van der Waals surface area contributed by atoms with Crippen LogP contribution in [0.25, 0.3) is 0 Å². The van der Waals surface area contributed by atoms with Gasteiger partial charge in [0.2, 0.25) is 0 Å². The Morgan fingerprint density at radius 1 is 1.43 bits per heavy atom. The zero-order valence-electron chi connectivity index (χ0n) is 13.2. The van der Waals surface area contributed by atoms with Crippen LogP contribution in [0.2, 0.25) is 0 Å². The number of aliphatic hydroxyl groups is 1. The second kappa shape index (κ2) is 7.68. The molecule has 1 aliphatic rings. The van der Waals surface area contributed by atoms with Gasteiger partial charge in [-0.05, 0) is 20.3 Å². The van der Waals surface area contributed by atoms with Crippen molar-refractivity contribution in [1.82, 2.24) is 14.9 Å². The van der Waals surface area contributed by atoms with Crippen molar-refractivity contribution < 1.29 is 9.84 Å². The number of hydrogen-bond donors (Lipinski definition) is 2. The van der Waals surface area contributed by atoms with E-state index in [1.807, 2.05) is 19.9 Å². The zero-order chi connectivity index (χ0) is 15.2. The summed E-state index contributed by atoms with van der Waals surface area (Å²) in [5, 5.41) is 12.6. The summed E-state index contributed by atoms with van der Waals surface area (Å²) in [7, 11) is 0. The molecule has 1 aromatic rings. The monoisotopic (exact) mass is 294 g/mol. The first kappa shape index (κ1) is 16.1. The number of aryl methyl sites for hydroxylation is 1. The topological polar surface area (TPSA) is 70.5 Å². The minimum Gasteiger partial charge on any atom is -0.394 e. The van der Waals surface area contributed by atoms with E-state index in [9.17, 15) is 5.11 Å². The van der Waals surface area contributed by atoms with Gasteiger partial charge in [0.1, 0.15) is 11.6 Å². The van der Waals surface area contributed by atoms with Crippen LogP contribution in [0.1, 0.15) is 31.8 Å². The van der Waals surface area contributed by atoms with Gasteiger partial charge in [-0.1, -0.05) is 6.92 Å². The van der Waals surface area contributed by atoms with Crippen molar-refractivity contribution in [3.63, 3.8) is 0 Å². The van der Waals surface area contributed by atoms with Gasteiger partial charge < -0.3 is 15.2 Å². The van der Waals surface area contributed by atoms with Crippen LogP contribution in [0, 0.1) is 6.92 Å². The van der Waals surface area contributed by atoms with Crippen molar-refractivity contribution in [2.24, 2.45) is 0 Å². The molecule has 2 heterocycles. The maximum atomic E-state index is 9.29. The quantitative estimate of drug-likeness (QED) is 0.821. The summed E-state index contributed by atoms with van der Waals surface area (Å²) in [6.45, 7) is 9.36. The van der Waals surface area contributed by atoms with E-state index < -0.39 is 0 Å². The molecule has 0 saturated carbocycles. The lowest BCUT2D eigenvalue weighted by Crippen LogP contribution is -2.47. The van der Waals surface area contributed by atoms with Crippen molar-refractivity contribution >= 4 is 5.82 Å². The number of aromatic nitrogens is 2. The van der Waals surface area contributed by atoms with Crippen LogP contribution in [-0.4, -0.2) is 58.4 Å². The highest BCUT2D eigenvalue weighted by Crippen LogP contribution is 2.14. The molecule has 6 nitrogen and oxygen atoms in total. The third-order valence-electron chi connectivity index (χ3n) is 3.43. The predicted molar refractivity (Wildman–Crippen MR) is 82.2 cm³/mol. The third-order valence-corrected chi connectivity index (χ3v) is 3.43. The van der Waals surface area contributed by atoms with E-state index in [0.29, 0.717) is 6.54 Å². The summed E-state index contributed by atoms with van der Waals surface area (Å²) in [5.41, 5.74) is 0.971. The average Bonchev–Trinajstić information content (AvgIpc) is 2.43. The van der Waals surface area contributed by atoms with E-state index in [1.165, 1.54) is 0 Å². The van der Waals surface area contributed by atoms with Gasteiger partial charge in [0.05, 0.1) is 25.4 Å². The Morgan fingerprint density at radius 3 is 2.95 bits per heavy atom. The fraction of sp³-hybridized carbons (Fsp3) is 0.733. The summed E-state index contributed by atoms with van der Waals surface area (Å²) in [4.78, 5) is 11.3. The molecule has 0 bridgehead atoms. The molecule has 0 amide bonds. The molecular weight excluding hydrogens is 268 g/mol. The first-order chi connectivity index (χ1) is 10.1. The van der Waals surface area contributed by atoms with E-state index in [-0.39, 0.29) is 18.8 Å². The molecule has 1 saturated heterocycles. The van der Waals surface area contributed by atoms with Crippen LogP contribution in [-0.2, 0) is 11.3 Å². The van der Waals surface area contributed by atoms with Crippen molar-refractivity contribution in [2.75, 3.05) is 31.6 Å². The number of hydrogen-bond acceptors (Lipinski definition) is 6. The largest absolute Gasteiger partial charge is 0.394 e. The minimum absolute atomic E-state index is 0.0544. The first-order valence-electron chi connectivity index (χ1n) is 7.67. The Kier molecular flexibility index (Phi) is 5.90. The van der Waals surface area contributed by atoms with Crippen molar-refractivity contribution in [3.8, 4) is 0 Å². The summed E-state index contributed by atoms with van der Waals surface area (Å²) in [6.07, 6.45) is 1.08. The van der Waals surface area contributed by atoms with Crippen molar-refractivity contribution in [1.29, 1.82) is 0 Å². The molecule has 0 radical (unpaired) electrons. The Bertz CT molecular complexity index is 455. The molecule has 2 unspecified atom stereocenters. The molecule has 118 valence electrons. The Balaban J connectivity index is 2.02. The molecule has 2 rings (SSSR count). The molecule has 2 N–H and O–H groups in total. The van der Waals surface area contributed by atoms with Crippen LogP contribution in [0.15, 0.2) is 6.07 Å². The van der Waals surface area contributed by atoms with Gasteiger partial charge in [-0.3, -0.25) is 4.90 Å². The molecule has 0 aliphatic carbocycles. The van der Waals surface area contributed by atoms with E-state index >= 15 is 0 Å². The zero-order valence-corrected chi connectivity index (χ0v) is 13.2. The Hall–Kier alpha value is -1.24. The highest BCUT2D eigenvalue weighted by Gasteiger charge is 2.25. The highest BCUT2D eigenvalue weighted by molar-refractivity contribution is 5.35. The predicted octanol–water partition coefficient (Wildman–Crippen LogP) is 1.19. The van der Waals surface area contributed by atoms with Crippen molar-refractivity contribution in [2.45, 2.75) is 45.9 Å². The minimum atomic E-state index is -0.115. The van der Waals surface area contributed by atoms with Crippen LogP contribution in [0.3, 0.4) is 0 Å². The number of nitrogens with zero attached hydrogens (tertiary/aromatic N) is 3. The van der Waals surface area contributed by atoms with Crippen LogP contribution < -0.4 is 5.32 Å². The number of aliphatic hydroxyl groups excluding tert-OH is 1. The van der Waals surface area contributed by atoms with E-state index in [1.54, 1.807) is 0 Å². The maximum Gasteiger partial charge on any atom is 0.144 e. The number of ether oxygens (including phenoxy) is 1. The van der Waals surface area contributed by atoms with Gasteiger partial charge in [0.15, 0.2) is 0 Å². The molecule has 2 atom stereocenters. The maximum absolute atomic E-state index is 9.29. The lowest BCUT2D eigenvalue weighted by molar-refractivity contribution is -0.0977. The Morgan fingerprint density at radius 2 is 2.24 bits per heavy atom. The van der Waals surface area contributed by atoms with Gasteiger partial charge in [-0.25, -0.2) is 9.97 Å². The molecular formula is C15H26N4O2. The van der Waals surface area contributed by atoms with Gasteiger partial charge in [0.25, 0.3) is 0 Å². The van der Waals surface area contributed by atoms with Crippen LogP contribution >= 0.6 is 0 Å². The number of anilines is 1. The second-order valence-electron chi connectivity index (χ2n) is 5.68. The van der Waals surface area contributed by atoms with Crippen molar-refractivity contribution in [3.05, 3.63) is 17.6 Å². The molecule has 0 aromatic carbocycles. The molecule has 21 heavy (non-hydrogen) atoms. The summed E-state index contributed by atoms with van der Waals surface area (Å²) >= 11 is 0. The number of morpholine rings is 1. The second-order valence-corrected chi connectivity index (χ2v) is 5.68. The van der Waals surface area contributed by atoms with Gasteiger partial charge in [-0.15, -0.1) is 0 Å². The van der Waals surface area contributed by atoms with E-state index in [4.69, 9.17) is 4.74 Å². The normalized spacial score (nSPS) is 23.2.